The van der Waals surface area contributed by atoms with E-state index in [-0.39, 0.29) is 0 Å². The number of allylic oxidation sites excluding steroid dienone is 4. The average Bonchev–Trinajstić information content (AvgIpc) is 3.81. The van der Waals surface area contributed by atoms with E-state index in [0.29, 0.717) is 17.6 Å². The molecule has 3 aromatic heterocycles. The number of hydrogen-bond donors (Lipinski definition) is 0. The van der Waals surface area contributed by atoms with Crippen molar-refractivity contribution in [3.63, 3.8) is 0 Å². The van der Waals surface area contributed by atoms with Crippen LogP contribution in [0.15, 0.2) is 174 Å². The van der Waals surface area contributed by atoms with Crippen molar-refractivity contribution in [3.05, 3.63) is 181 Å². The maximum atomic E-state index is 6.75. The fourth-order valence-corrected chi connectivity index (χ4v) is 8.86. The Kier molecular flexibility index (Phi) is 6.69. The van der Waals surface area contributed by atoms with E-state index < -0.39 is 0 Å². The Hall–Kier alpha value is -7.37. The van der Waals surface area contributed by atoms with Gasteiger partial charge in [-0.05, 0) is 92.7 Å². The molecule has 1 aliphatic rings. The van der Waals surface area contributed by atoms with Crippen LogP contribution < -0.4 is 0 Å². The molecule has 3 heterocycles. The molecule has 0 saturated carbocycles. The van der Waals surface area contributed by atoms with E-state index >= 15 is 0 Å². The van der Waals surface area contributed by atoms with E-state index in [2.05, 4.69) is 174 Å². The van der Waals surface area contributed by atoms with E-state index in [1.807, 2.05) is 0 Å². The Morgan fingerprint density at radius 3 is 2.07 bits per heavy atom. The van der Waals surface area contributed by atoms with Crippen molar-refractivity contribution in [2.75, 3.05) is 0 Å². The number of nitrogens with zero attached hydrogens (tertiary/aromatic N) is 4. The molecule has 56 heavy (non-hydrogen) atoms. The quantitative estimate of drug-likeness (QED) is 0.182. The predicted octanol–water partition coefficient (Wildman–Crippen LogP) is 13.3. The summed E-state index contributed by atoms with van der Waals surface area (Å²) in [4.78, 5) is 16.2. The summed E-state index contributed by atoms with van der Waals surface area (Å²) in [5.41, 5.74) is 7.91. The van der Waals surface area contributed by atoms with Gasteiger partial charge in [0.15, 0.2) is 11.6 Å². The van der Waals surface area contributed by atoms with Crippen LogP contribution in [0.5, 0.6) is 0 Å². The third kappa shape index (κ3) is 4.71. The van der Waals surface area contributed by atoms with Crippen LogP contribution in [0.25, 0.3) is 105 Å². The molecule has 0 saturated heterocycles. The number of hydrogen-bond acceptors (Lipinski definition) is 4. The molecule has 1 aliphatic carbocycles. The van der Waals surface area contributed by atoms with Gasteiger partial charge in [0, 0.05) is 27.1 Å². The highest BCUT2D eigenvalue weighted by Crippen LogP contribution is 2.41. The topological polar surface area (TPSA) is 56.7 Å². The van der Waals surface area contributed by atoms with E-state index in [1.165, 1.54) is 32.3 Å². The summed E-state index contributed by atoms with van der Waals surface area (Å²) in [6, 6.07) is 55.8. The van der Waals surface area contributed by atoms with E-state index in [9.17, 15) is 0 Å². The van der Waals surface area contributed by atoms with Gasteiger partial charge in [-0.1, -0.05) is 133 Å². The zero-order valence-electron chi connectivity index (χ0n) is 30.3. The molecule has 0 radical (unpaired) electrons. The van der Waals surface area contributed by atoms with Gasteiger partial charge in [0.2, 0.25) is 5.95 Å². The molecule has 0 spiro atoms. The smallest absolute Gasteiger partial charge is 0.238 e. The van der Waals surface area contributed by atoms with Crippen molar-refractivity contribution in [1.82, 2.24) is 19.5 Å². The van der Waals surface area contributed by atoms with E-state index in [1.54, 1.807) is 0 Å². The maximum absolute atomic E-state index is 6.75. The number of aromatic nitrogens is 4. The van der Waals surface area contributed by atoms with Crippen LogP contribution in [-0.2, 0) is 0 Å². The summed E-state index contributed by atoms with van der Waals surface area (Å²) in [5.74, 6) is 1.82. The second-order valence-corrected chi connectivity index (χ2v) is 14.7. The first-order valence-electron chi connectivity index (χ1n) is 19.2. The van der Waals surface area contributed by atoms with Gasteiger partial charge in [-0.3, -0.25) is 4.57 Å². The number of rotatable bonds is 4. The highest BCUT2D eigenvalue weighted by Gasteiger charge is 2.24. The van der Waals surface area contributed by atoms with Crippen molar-refractivity contribution < 1.29 is 4.42 Å². The summed E-state index contributed by atoms with van der Waals surface area (Å²) in [6.45, 7) is 0. The number of fused-ring (bicyclic) bond motifs is 10. The summed E-state index contributed by atoms with van der Waals surface area (Å²) < 4.78 is 8.97. The number of benzene rings is 8. The second kappa shape index (κ2) is 12.1. The molecule has 0 atom stereocenters. The molecule has 5 heteroatoms. The Balaban J connectivity index is 1.16. The molecule has 0 unspecified atom stereocenters. The minimum Gasteiger partial charge on any atom is -0.455 e. The highest BCUT2D eigenvalue weighted by atomic mass is 16.3. The van der Waals surface area contributed by atoms with Gasteiger partial charge in [-0.15, -0.1) is 0 Å². The Morgan fingerprint density at radius 2 is 1.20 bits per heavy atom. The molecule has 0 fully saturated rings. The summed E-state index contributed by atoms with van der Waals surface area (Å²) in [5, 5.41) is 11.6. The van der Waals surface area contributed by atoms with Crippen LogP contribution in [-0.4, -0.2) is 19.5 Å². The molecule has 12 rings (SSSR count). The molecule has 0 N–H and O–H groups in total. The normalized spacial score (nSPS) is 13.4. The summed E-state index contributed by atoms with van der Waals surface area (Å²) in [7, 11) is 0. The van der Waals surface area contributed by atoms with Crippen LogP contribution in [0.4, 0.5) is 0 Å². The highest BCUT2D eigenvalue weighted by molar-refractivity contribution is 6.21. The van der Waals surface area contributed by atoms with Crippen LogP contribution >= 0.6 is 0 Å². The van der Waals surface area contributed by atoms with Crippen LogP contribution in [0.3, 0.4) is 0 Å². The first kappa shape index (κ1) is 31.0. The zero-order valence-corrected chi connectivity index (χ0v) is 30.3. The molecular weight excluding hydrogens is 685 g/mol. The third-order valence-corrected chi connectivity index (χ3v) is 11.5. The van der Waals surface area contributed by atoms with Gasteiger partial charge >= 0.3 is 0 Å². The van der Waals surface area contributed by atoms with Crippen LogP contribution in [0, 0.1) is 0 Å². The lowest BCUT2D eigenvalue weighted by Gasteiger charge is -2.18. The van der Waals surface area contributed by atoms with Gasteiger partial charge < -0.3 is 4.42 Å². The summed E-state index contributed by atoms with van der Waals surface area (Å²) in [6.07, 6.45) is 6.20. The summed E-state index contributed by atoms with van der Waals surface area (Å²) >= 11 is 0. The van der Waals surface area contributed by atoms with Crippen molar-refractivity contribution in [1.29, 1.82) is 0 Å². The molecule has 8 aromatic carbocycles. The zero-order chi connectivity index (χ0) is 36.7. The maximum Gasteiger partial charge on any atom is 0.238 e. The molecule has 0 aliphatic heterocycles. The average molecular weight is 717 g/mol. The largest absolute Gasteiger partial charge is 0.455 e. The minimum atomic E-state index is 0.574. The fraction of sp³-hybridized carbons (Fsp3) is 0.0392. The third-order valence-electron chi connectivity index (χ3n) is 11.5. The van der Waals surface area contributed by atoms with Crippen LogP contribution in [0.1, 0.15) is 24.2 Å². The van der Waals surface area contributed by atoms with Crippen LogP contribution in [0.2, 0.25) is 0 Å². The van der Waals surface area contributed by atoms with Gasteiger partial charge in [0.05, 0.1) is 16.6 Å². The molecule has 5 nitrogen and oxygen atoms in total. The fourth-order valence-electron chi connectivity index (χ4n) is 8.86. The van der Waals surface area contributed by atoms with Crippen molar-refractivity contribution in [2.24, 2.45) is 0 Å². The lowest BCUT2D eigenvalue weighted by atomic mass is 9.90. The molecule has 262 valence electrons. The van der Waals surface area contributed by atoms with Crippen molar-refractivity contribution >= 4 is 87.2 Å². The number of para-hydroxylation sites is 2. The molecule has 11 aromatic rings. The molecular formula is C51H32N4O. The van der Waals surface area contributed by atoms with Gasteiger partial charge in [0.1, 0.15) is 11.2 Å². The van der Waals surface area contributed by atoms with E-state index in [0.717, 1.165) is 78.9 Å². The SMILES string of the molecule is C1=CC(c2ccc3ccccc3c2)=C(c2nc(-c3cccc4c3oc3cc5ccccc5cc34)nc(-n3c4ccccc4c4c5ccccc5ccc43)n2)CC1. The molecule has 0 amide bonds. The van der Waals surface area contributed by atoms with E-state index in [4.69, 9.17) is 19.4 Å². The first-order valence-corrected chi connectivity index (χ1v) is 19.2. The Labute approximate surface area is 321 Å². The van der Waals surface area contributed by atoms with Gasteiger partial charge in [0.25, 0.3) is 0 Å². The van der Waals surface area contributed by atoms with Crippen molar-refractivity contribution in [3.8, 4) is 17.3 Å². The molecule has 0 bridgehead atoms. The lowest BCUT2D eigenvalue weighted by Crippen LogP contribution is -2.09. The van der Waals surface area contributed by atoms with Crippen molar-refractivity contribution in [2.45, 2.75) is 12.8 Å². The first-order chi connectivity index (χ1) is 27.7. The number of furan rings is 1. The Morgan fingerprint density at radius 1 is 0.500 bits per heavy atom. The monoisotopic (exact) mass is 716 g/mol. The Bertz CT molecular complexity index is 3490. The lowest BCUT2D eigenvalue weighted by molar-refractivity contribution is 0.670. The predicted molar refractivity (Wildman–Crippen MR) is 231 cm³/mol. The second-order valence-electron chi connectivity index (χ2n) is 14.7. The van der Waals surface area contributed by atoms with Gasteiger partial charge in [-0.25, -0.2) is 4.98 Å². The van der Waals surface area contributed by atoms with Gasteiger partial charge in [-0.2, -0.15) is 9.97 Å². The standard InChI is InChI=1S/C51H32N4O/c1-2-14-33-28-36(25-24-31(33)12-1)37-17-7-8-19-40(37)49-52-50(42-22-11-21-39-43-29-34-15-3-4-16-35(34)30-46(43)56-48(39)42)54-51(53-49)55-44-23-10-9-20-41(44)47-38-18-6-5-13-32(38)26-27-45(47)55/h1-7,9-18,20-30H,8,19H2. The minimum absolute atomic E-state index is 0.574.